The minimum Gasteiger partial charge on any atom is -0.464 e. The van der Waals surface area contributed by atoms with Gasteiger partial charge in [-0.3, -0.25) is 4.79 Å². The molecule has 7 heteroatoms. The number of ketones is 1. The second-order valence-corrected chi connectivity index (χ2v) is 12.0. The Labute approximate surface area is 196 Å². The number of carbonyl (C=O) groups is 2. The first-order valence-corrected chi connectivity index (χ1v) is 12.9. The van der Waals surface area contributed by atoms with Gasteiger partial charge in [0.25, 0.3) is 0 Å². The molecule has 4 saturated carbocycles. The zero-order chi connectivity index (χ0) is 24.3. The highest BCUT2D eigenvalue weighted by Gasteiger charge is 2.63. The van der Waals surface area contributed by atoms with Gasteiger partial charge < -0.3 is 25.2 Å². The molecule has 4 aliphatic rings. The first kappa shape index (κ1) is 25.1. The third-order valence-corrected chi connectivity index (χ3v) is 10.6. The molecule has 0 radical (unpaired) electrons. The SMILES string of the molecule is CCOC(=O)[C@@H](O)[C@H](O)[C@@H](C)[C@H]1CC[C@H]2[C@@H]3CC(=O)[C@H]4C[C@H](O)[C@H](O)C[C@]4(C)[C@H]3CC[C@]12C. The van der Waals surface area contributed by atoms with Gasteiger partial charge in [-0.05, 0) is 85.9 Å². The van der Waals surface area contributed by atoms with Crippen LogP contribution in [0.4, 0.5) is 0 Å². The molecule has 0 amide bonds. The number of hydrogen-bond donors (Lipinski definition) is 4. The van der Waals surface area contributed by atoms with Crippen LogP contribution in [0.2, 0.25) is 0 Å². The van der Waals surface area contributed by atoms with E-state index in [1.807, 2.05) is 6.92 Å². The molecule has 4 aliphatic carbocycles. The maximum Gasteiger partial charge on any atom is 0.337 e. The van der Waals surface area contributed by atoms with E-state index >= 15 is 0 Å². The number of aliphatic hydroxyl groups is 4. The van der Waals surface area contributed by atoms with Gasteiger partial charge in [0.15, 0.2) is 6.10 Å². The number of fused-ring (bicyclic) bond motifs is 5. The van der Waals surface area contributed by atoms with E-state index in [2.05, 4.69) is 13.8 Å². The van der Waals surface area contributed by atoms with Crippen LogP contribution in [0.15, 0.2) is 0 Å². The molecule has 0 heterocycles. The molecule has 7 nitrogen and oxygen atoms in total. The molecule has 4 fully saturated rings. The molecule has 12 atom stereocenters. The Morgan fingerprint density at radius 3 is 2.42 bits per heavy atom. The van der Waals surface area contributed by atoms with E-state index in [0.717, 1.165) is 25.7 Å². The Morgan fingerprint density at radius 1 is 1.09 bits per heavy atom. The summed E-state index contributed by atoms with van der Waals surface area (Å²) in [6.07, 6.45) is 0.816. The molecular weight excluding hydrogens is 424 g/mol. The zero-order valence-corrected chi connectivity index (χ0v) is 20.4. The highest BCUT2D eigenvalue weighted by Crippen LogP contribution is 2.67. The zero-order valence-electron chi connectivity index (χ0n) is 20.4. The Balaban J connectivity index is 1.55. The standard InChI is InChI=1S/C26H42O7/c1-5-33-24(32)23(31)22(30)13(2)15-6-7-16-14-10-19(27)18-11-20(28)21(29)12-26(18,4)17(14)8-9-25(15,16)3/h13-18,20-23,28-31H,5-12H2,1-4H3/t13-,14-,15+,16-,17-,18+,20-,21+,22+,23-,25+,26+/m0/s1. The lowest BCUT2D eigenvalue weighted by atomic mass is 9.44. The second-order valence-electron chi connectivity index (χ2n) is 12.0. The van der Waals surface area contributed by atoms with Crippen LogP contribution < -0.4 is 0 Å². The fourth-order valence-corrected chi connectivity index (χ4v) is 8.87. The van der Waals surface area contributed by atoms with Crippen LogP contribution in [0.25, 0.3) is 0 Å². The van der Waals surface area contributed by atoms with Crippen molar-refractivity contribution in [3.05, 3.63) is 0 Å². The average Bonchev–Trinajstić information content (AvgIpc) is 3.11. The molecule has 0 aromatic heterocycles. The van der Waals surface area contributed by atoms with E-state index in [9.17, 15) is 30.0 Å². The van der Waals surface area contributed by atoms with E-state index < -0.39 is 30.4 Å². The minimum atomic E-state index is -1.55. The molecule has 33 heavy (non-hydrogen) atoms. The lowest BCUT2D eigenvalue weighted by molar-refractivity contribution is -0.176. The molecule has 0 aromatic rings. The van der Waals surface area contributed by atoms with Crippen molar-refractivity contribution in [2.45, 2.75) is 97.1 Å². The Morgan fingerprint density at radius 2 is 1.76 bits per heavy atom. The normalized spacial score (nSPS) is 47.6. The summed E-state index contributed by atoms with van der Waals surface area (Å²) in [6, 6.07) is 0. The first-order valence-electron chi connectivity index (χ1n) is 12.9. The van der Waals surface area contributed by atoms with Crippen LogP contribution in [0.1, 0.15) is 72.6 Å². The molecule has 4 N–H and O–H groups in total. The smallest absolute Gasteiger partial charge is 0.337 e. The third kappa shape index (κ3) is 3.87. The van der Waals surface area contributed by atoms with E-state index in [0.29, 0.717) is 31.1 Å². The highest BCUT2D eigenvalue weighted by atomic mass is 16.5. The quantitative estimate of drug-likeness (QED) is 0.457. The van der Waals surface area contributed by atoms with Gasteiger partial charge in [0.1, 0.15) is 5.78 Å². The molecule has 0 aliphatic heterocycles. The Hall–Kier alpha value is -1.02. The first-order chi connectivity index (χ1) is 15.5. The number of hydrogen-bond acceptors (Lipinski definition) is 7. The number of ether oxygens (including phenoxy) is 1. The third-order valence-electron chi connectivity index (χ3n) is 10.6. The van der Waals surface area contributed by atoms with Crippen LogP contribution in [0.5, 0.6) is 0 Å². The molecular formula is C26H42O7. The minimum absolute atomic E-state index is 0.0772. The van der Waals surface area contributed by atoms with Crippen molar-refractivity contribution < 1.29 is 34.8 Å². The lowest BCUT2D eigenvalue weighted by Gasteiger charge is -2.61. The van der Waals surface area contributed by atoms with Gasteiger partial charge in [0.05, 0.1) is 24.9 Å². The number of Topliss-reactive ketones (excluding diaryl/α,β-unsaturated/α-hetero) is 1. The van der Waals surface area contributed by atoms with Gasteiger partial charge in [0.2, 0.25) is 0 Å². The summed E-state index contributed by atoms with van der Waals surface area (Å²) >= 11 is 0. The topological polar surface area (TPSA) is 124 Å². The molecule has 0 saturated heterocycles. The largest absolute Gasteiger partial charge is 0.464 e. The predicted octanol–water partition coefficient (Wildman–Crippen LogP) is 2.08. The van der Waals surface area contributed by atoms with Crippen molar-refractivity contribution in [2.24, 2.45) is 46.3 Å². The maximum absolute atomic E-state index is 13.3. The van der Waals surface area contributed by atoms with Crippen LogP contribution in [-0.2, 0) is 14.3 Å². The summed E-state index contributed by atoms with van der Waals surface area (Å²) in [4.78, 5) is 25.3. The van der Waals surface area contributed by atoms with Gasteiger partial charge in [-0.2, -0.15) is 0 Å². The van der Waals surface area contributed by atoms with Crippen molar-refractivity contribution in [1.82, 2.24) is 0 Å². The second kappa shape index (κ2) is 8.89. The molecule has 0 bridgehead atoms. The van der Waals surface area contributed by atoms with Crippen molar-refractivity contribution in [2.75, 3.05) is 6.61 Å². The van der Waals surface area contributed by atoms with E-state index in [-0.39, 0.29) is 46.9 Å². The summed E-state index contributed by atoms with van der Waals surface area (Å²) in [6.45, 7) is 8.16. The maximum atomic E-state index is 13.3. The predicted molar refractivity (Wildman–Crippen MR) is 121 cm³/mol. The van der Waals surface area contributed by atoms with Crippen LogP contribution in [0.3, 0.4) is 0 Å². The molecule has 4 rings (SSSR count). The number of carbonyl (C=O) groups excluding carboxylic acids is 2. The fraction of sp³-hybridized carbons (Fsp3) is 0.923. The molecule has 0 aromatic carbocycles. The van der Waals surface area contributed by atoms with E-state index in [1.165, 1.54) is 0 Å². The molecule has 0 spiro atoms. The number of rotatable bonds is 5. The van der Waals surface area contributed by atoms with E-state index in [4.69, 9.17) is 4.74 Å². The van der Waals surface area contributed by atoms with Crippen molar-refractivity contribution in [1.29, 1.82) is 0 Å². The van der Waals surface area contributed by atoms with Crippen molar-refractivity contribution in [3.63, 3.8) is 0 Å². The summed E-state index contributed by atoms with van der Waals surface area (Å²) in [5, 5.41) is 41.8. The van der Waals surface area contributed by atoms with Crippen LogP contribution in [-0.4, -0.2) is 63.2 Å². The van der Waals surface area contributed by atoms with Crippen LogP contribution in [0, 0.1) is 46.3 Å². The van der Waals surface area contributed by atoms with Gasteiger partial charge in [-0.15, -0.1) is 0 Å². The Bertz CT molecular complexity index is 770. The van der Waals surface area contributed by atoms with Crippen molar-refractivity contribution >= 4 is 11.8 Å². The molecule has 0 unspecified atom stereocenters. The molecule has 188 valence electrons. The Kier molecular flexibility index (Phi) is 6.75. The van der Waals surface area contributed by atoms with Crippen LogP contribution >= 0.6 is 0 Å². The summed E-state index contributed by atoms with van der Waals surface area (Å²) in [7, 11) is 0. The number of aliphatic hydroxyl groups excluding tert-OH is 4. The number of esters is 1. The van der Waals surface area contributed by atoms with Gasteiger partial charge >= 0.3 is 5.97 Å². The van der Waals surface area contributed by atoms with E-state index in [1.54, 1.807) is 6.92 Å². The summed E-state index contributed by atoms with van der Waals surface area (Å²) < 4.78 is 4.90. The van der Waals surface area contributed by atoms with Gasteiger partial charge in [-0.1, -0.05) is 20.8 Å². The highest BCUT2D eigenvalue weighted by molar-refractivity contribution is 5.83. The lowest BCUT2D eigenvalue weighted by Crippen LogP contribution is -2.59. The van der Waals surface area contributed by atoms with Crippen molar-refractivity contribution in [3.8, 4) is 0 Å². The summed E-state index contributed by atoms with van der Waals surface area (Å²) in [5.41, 5.74) is -0.366. The van der Waals surface area contributed by atoms with Gasteiger partial charge in [0, 0.05) is 12.3 Å². The summed E-state index contributed by atoms with van der Waals surface area (Å²) in [5.74, 6) is 0.0415. The fourth-order valence-electron chi connectivity index (χ4n) is 8.87. The van der Waals surface area contributed by atoms with Gasteiger partial charge in [-0.25, -0.2) is 4.79 Å². The average molecular weight is 467 g/mol. The monoisotopic (exact) mass is 466 g/mol.